The van der Waals surface area contributed by atoms with Crippen LogP contribution >= 0.6 is 0 Å². The van der Waals surface area contributed by atoms with E-state index >= 15 is 0 Å². The van der Waals surface area contributed by atoms with Crippen molar-refractivity contribution in [1.82, 2.24) is 15.1 Å². The van der Waals surface area contributed by atoms with Gasteiger partial charge in [0.2, 0.25) is 0 Å². The molecule has 1 unspecified atom stereocenters. The minimum atomic E-state index is -0.670. The molecule has 6 heteroatoms. The van der Waals surface area contributed by atoms with Crippen LogP contribution in [0.3, 0.4) is 0 Å². The summed E-state index contributed by atoms with van der Waals surface area (Å²) in [6.45, 7) is 9.84. The van der Waals surface area contributed by atoms with Crippen molar-refractivity contribution in [2.24, 2.45) is 5.92 Å². The summed E-state index contributed by atoms with van der Waals surface area (Å²) in [5, 5.41) is 7.11. The van der Waals surface area contributed by atoms with E-state index in [4.69, 9.17) is 4.74 Å². The Morgan fingerprint density at radius 3 is 2.36 bits per heavy atom. The van der Waals surface area contributed by atoms with E-state index in [0.29, 0.717) is 5.69 Å². The second kappa shape index (κ2) is 7.96. The molecule has 0 fully saturated rings. The Labute approximate surface area is 132 Å². The quantitative estimate of drug-likeness (QED) is 0.785. The van der Waals surface area contributed by atoms with E-state index in [1.807, 2.05) is 25.5 Å². The lowest BCUT2D eigenvalue weighted by molar-refractivity contribution is -0.144. The van der Waals surface area contributed by atoms with Crippen LogP contribution in [0.2, 0.25) is 0 Å². The Morgan fingerprint density at radius 1 is 1.32 bits per heavy atom. The van der Waals surface area contributed by atoms with Crippen LogP contribution in [0.4, 0.5) is 0 Å². The maximum Gasteiger partial charge on any atom is 0.328 e. The zero-order chi connectivity index (χ0) is 16.9. The van der Waals surface area contributed by atoms with E-state index in [9.17, 15) is 9.59 Å². The molecule has 1 aromatic rings. The fraction of sp³-hybridized carbons (Fsp3) is 0.688. The third-order valence-corrected chi connectivity index (χ3v) is 3.85. The maximum absolute atomic E-state index is 12.4. The SMILES string of the molecule is CCC(CC)n1nc(C(=O)NC(C(=O)OC)C(C)C)cc1C. The number of rotatable bonds is 7. The van der Waals surface area contributed by atoms with Gasteiger partial charge in [-0.1, -0.05) is 27.7 Å². The van der Waals surface area contributed by atoms with E-state index in [2.05, 4.69) is 24.3 Å². The molecule has 0 bridgehead atoms. The molecule has 0 aromatic carbocycles. The molecule has 0 aliphatic heterocycles. The van der Waals surface area contributed by atoms with Gasteiger partial charge in [0.05, 0.1) is 13.2 Å². The monoisotopic (exact) mass is 309 g/mol. The normalized spacial score (nSPS) is 12.5. The highest BCUT2D eigenvalue weighted by Gasteiger charge is 2.26. The van der Waals surface area contributed by atoms with Crippen LogP contribution in [0.15, 0.2) is 6.07 Å². The summed E-state index contributed by atoms with van der Waals surface area (Å²) in [5.74, 6) is -0.852. The zero-order valence-electron chi connectivity index (χ0n) is 14.3. The van der Waals surface area contributed by atoms with Crippen molar-refractivity contribution in [2.75, 3.05) is 7.11 Å². The Balaban J connectivity index is 2.94. The molecule has 0 aliphatic rings. The molecule has 1 heterocycles. The van der Waals surface area contributed by atoms with Gasteiger partial charge in [-0.15, -0.1) is 0 Å². The van der Waals surface area contributed by atoms with Crippen molar-refractivity contribution in [3.63, 3.8) is 0 Å². The van der Waals surface area contributed by atoms with Crippen LogP contribution in [-0.4, -0.2) is 34.8 Å². The van der Waals surface area contributed by atoms with Gasteiger partial charge in [-0.25, -0.2) is 4.79 Å². The van der Waals surface area contributed by atoms with Gasteiger partial charge in [0.15, 0.2) is 0 Å². The molecule has 0 aliphatic carbocycles. The lowest BCUT2D eigenvalue weighted by Gasteiger charge is -2.19. The van der Waals surface area contributed by atoms with Crippen LogP contribution < -0.4 is 5.32 Å². The van der Waals surface area contributed by atoms with E-state index in [0.717, 1.165) is 18.5 Å². The third kappa shape index (κ3) is 4.08. The average molecular weight is 309 g/mol. The first-order valence-electron chi connectivity index (χ1n) is 7.80. The van der Waals surface area contributed by atoms with Gasteiger partial charge in [0.1, 0.15) is 11.7 Å². The number of carbonyl (C=O) groups excluding carboxylic acids is 2. The number of carbonyl (C=O) groups is 2. The number of aromatic nitrogens is 2. The number of nitrogens with zero attached hydrogens (tertiary/aromatic N) is 2. The maximum atomic E-state index is 12.4. The van der Waals surface area contributed by atoms with Gasteiger partial charge >= 0.3 is 5.97 Å². The van der Waals surface area contributed by atoms with Crippen molar-refractivity contribution in [3.8, 4) is 0 Å². The summed E-state index contributed by atoms with van der Waals surface area (Å²) in [6, 6.07) is 1.36. The zero-order valence-corrected chi connectivity index (χ0v) is 14.3. The van der Waals surface area contributed by atoms with Gasteiger partial charge in [-0.05, 0) is 31.7 Å². The molecule has 22 heavy (non-hydrogen) atoms. The number of hydrogen-bond acceptors (Lipinski definition) is 4. The molecule has 1 atom stereocenters. The lowest BCUT2D eigenvalue weighted by atomic mass is 10.0. The number of esters is 1. The number of amides is 1. The predicted molar refractivity (Wildman–Crippen MR) is 84.7 cm³/mol. The number of ether oxygens (including phenoxy) is 1. The Hall–Kier alpha value is -1.85. The van der Waals surface area contributed by atoms with Crippen molar-refractivity contribution in [3.05, 3.63) is 17.5 Å². The fourth-order valence-corrected chi connectivity index (χ4v) is 2.44. The van der Waals surface area contributed by atoms with Gasteiger partial charge in [-0.3, -0.25) is 9.48 Å². The number of hydrogen-bond donors (Lipinski definition) is 1. The summed E-state index contributed by atoms with van der Waals surface area (Å²) >= 11 is 0. The summed E-state index contributed by atoms with van der Waals surface area (Å²) < 4.78 is 6.62. The Morgan fingerprint density at radius 2 is 1.91 bits per heavy atom. The highest BCUT2D eigenvalue weighted by atomic mass is 16.5. The van der Waals surface area contributed by atoms with Crippen molar-refractivity contribution < 1.29 is 14.3 Å². The van der Waals surface area contributed by atoms with Crippen molar-refractivity contribution >= 4 is 11.9 Å². The van der Waals surface area contributed by atoms with E-state index in [1.165, 1.54) is 7.11 Å². The summed E-state index contributed by atoms with van der Waals surface area (Å²) in [7, 11) is 1.32. The van der Waals surface area contributed by atoms with Crippen LogP contribution in [0.1, 0.15) is 62.8 Å². The lowest BCUT2D eigenvalue weighted by Crippen LogP contribution is -2.45. The summed E-state index contributed by atoms with van der Waals surface area (Å²) in [5.41, 5.74) is 1.27. The smallest absolute Gasteiger partial charge is 0.328 e. The molecule has 1 N–H and O–H groups in total. The van der Waals surface area contributed by atoms with Crippen molar-refractivity contribution in [2.45, 2.75) is 59.5 Å². The first kappa shape index (κ1) is 18.2. The number of nitrogens with one attached hydrogen (secondary N) is 1. The summed E-state index contributed by atoms with van der Waals surface area (Å²) in [6.07, 6.45) is 1.91. The average Bonchev–Trinajstić information content (AvgIpc) is 2.87. The molecular weight excluding hydrogens is 282 g/mol. The molecule has 1 rings (SSSR count). The molecule has 0 radical (unpaired) electrons. The molecular formula is C16H27N3O3. The third-order valence-electron chi connectivity index (χ3n) is 3.85. The molecule has 0 saturated carbocycles. The van der Waals surface area contributed by atoms with E-state index in [1.54, 1.807) is 6.07 Å². The Kier molecular flexibility index (Phi) is 6.59. The van der Waals surface area contributed by atoms with E-state index in [-0.39, 0.29) is 17.9 Å². The molecule has 1 aromatic heterocycles. The molecule has 124 valence electrons. The topological polar surface area (TPSA) is 73.2 Å². The Bertz CT molecular complexity index is 519. The largest absolute Gasteiger partial charge is 0.467 e. The van der Waals surface area contributed by atoms with Gasteiger partial charge in [0, 0.05) is 5.69 Å². The predicted octanol–water partition coefficient (Wildman–Crippen LogP) is 2.48. The first-order valence-corrected chi connectivity index (χ1v) is 7.80. The van der Waals surface area contributed by atoms with Crippen molar-refractivity contribution in [1.29, 1.82) is 0 Å². The van der Waals surface area contributed by atoms with Crippen LogP contribution in [0, 0.1) is 12.8 Å². The minimum absolute atomic E-state index is 0.0568. The first-order chi connectivity index (χ1) is 10.3. The molecule has 6 nitrogen and oxygen atoms in total. The molecule has 1 amide bonds. The van der Waals surface area contributed by atoms with Gasteiger partial charge in [0.25, 0.3) is 5.91 Å². The molecule has 0 saturated heterocycles. The molecule has 0 spiro atoms. The standard InChI is InChI=1S/C16H27N3O3/c1-7-12(8-2)19-11(5)9-13(18-19)15(20)17-14(10(3)4)16(21)22-6/h9-10,12,14H,7-8H2,1-6H3,(H,17,20). The second-order valence-corrected chi connectivity index (χ2v) is 5.80. The van der Waals surface area contributed by atoms with Gasteiger partial charge < -0.3 is 10.1 Å². The summed E-state index contributed by atoms with van der Waals surface area (Å²) in [4.78, 5) is 24.1. The van der Waals surface area contributed by atoms with E-state index < -0.39 is 12.0 Å². The fourth-order valence-electron chi connectivity index (χ4n) is 2.44. The minimum Gasteiger partial charge on any atom is -0.467 e. The van der Waals surface area contributed by atoms with Crippen LogP contribution in [-0.2, 0) is 9.53 Å². The van der Waals surface area contributed by atoms with Crippen LogP contribution in [0.25, 0.3) is 0 Å². The van der Waals surface area contributed by atoms with Crippen LogP contribution in [0.5, 0.6) is 0 Å². The highest BCUT2D eigenvalue weighted by Crippen LogP contribution is 2.18. The second-order valence-electron chi connectivity index (χ2n) is 5.80. The number of aryl methyl sites for hydroxylation is 1. The number of methoxy groups -OCH3 is 1. The van der Waals surface area contributed by atoms with Gasteiger partial charge in [-0.2, -0.15) is 5.10 Å². The highest BCUT2D eigenvalue weighted by molar-refractivity contribution is 5.95.